The van der Waals surface area contributed by atoms with Crippen LogP contribution in [0.2, 0.25) is 5.02 Å². The number of carbonyl (C=O) groups excluding carboxylic acids is 1. The maximum absolute atomic E-state index is 13.9. The SMILES string of the molecule is Cc1cc(Nc2nc(NCc3ccc(Cl)c(C(=O)Nc4cc(F)ccc4F)c3)nc3[nH]ncc23)n[nH]1. The molecule has 0 fully saturated rings. The monoisotopic (exact) mass is 509 g/mol. The Labute approximate surface area is 207 Å². The molecule has 0 atom stereocenters. The number of nitrogens with one attached hydrogen (secondary N) is 5. The lowest BCUT2D eigenvalue weighted by molar-refractivity contribution is 0.102. The van der Waals surface area contributed by atoms with Crippen molar-refractivity contribution in [3.63, 3.8) is 0 Å². The molecule has 5 aromatic rings. The van der Waals surface area contributed by atoms with Gasteiger partial charge in [-0.1, -0.05) is 17.7 Å². The molecular formula is C23H18ClF2N9O. The van der Waals surface area contributed by atoms with Gasteiger partial charge in [0.2, 0.25) is 5.95 Å². The molecule has 5 rings (SSSR count). The van der Waals surface area contributed by atoms with Gasteiger partial charge in [0.25, 0.3) is 5.91 Å². The van der Waals surface area contributed by atoms with Gasteiger partial charge in [0.05, 0.1) is 27.9 Å². The lowest BCUT2D eigenvalue weighted by atomic mass is 10.1. The number of benzene rings is 2. The largest absolute Gasteiger partial charge is 0.350 e. The van der Waals surface area contributed by atoms with Crippen LogP contribution in [-0.4, -0.2) is 36.3 Å². The van der Waals surface area contributed by atoms with Crippen LogP contribution in [0.3, 0.4) is 0 Å². The first-order chi connectivity index (χ1) is 17.4. The number of carbonyl (C=O) groups is 1. The van der Waals surface area contributed by atoms with Gasteiger partial charge >= 0.3 is 0 Å². The van der Waals surface area contributed by atoms with E-state index in [9.17, 15) is 13.6 Å². The predicted octanol–water partition coefficient (Wildman–Crippen LogP) is 4.92. The summed E-state index contributed by atoms with van der Waals surface area (Å²) in [5, 5.41) is 23.3. The fraction of sp³-hybridized carbons (Fsp3) is 0.0870. The van der Waals surface area contributed by atoms with Crippen molar-refractivity contribution in [3.8, 4) is 0 Å². The molecule has 0 saturated heterocycles. The molecule has 182 valence electrons. The van der Waals surface area contributed by atoms with E-state index in [1.54, 1.807) is 24.4 Å². The first kappa shape index (κ1) is 23.2. The second-order valence-electron chi connectivity index (χ2n) is 7.84. The van der Waals surface area contributed by atoms with E-state index in [2.05, 4.69) is 46.3 Å². The second-order valence-corrected chi connectivity index (χ2v) is 8.24. The summed E-state index contributed by atoms with van der Waals surface area (Å²) < 4.78 is 27.4. The number of anilines is 4. The van der Waals surface area contributed by atoms with E-state index in [4.69, 9.17) is 11.6 Å². The van der Waals surface area contributed by atoms with Gasteiger partial charge in [-0.3, -0.25) is 15.0 Å². The Hall–Kier alpha value is -4.58. The van der Waals surface area contributed by atoms with Gasteiger partial charge in [0.1, 0.15) is 17.5 Å². The minimum atomic E-state index is -0.764. The van der Waals surface area contributed by atoms with Crippen LogP contribution < -0.4 is 16.0 Å². The minimum absolute atomic E-state index is 0.0980. The fourth-order valence-electron chi connectivity index (χ4n) is 3.43. The Morgan fingerprint density at radius 2 is 1.94 bits per heavy atom. The summed E-state index contributed by atoms with van der Waals surface area (Å²) in [5.74, 6) is -0.744. The highest BCUT2D eigenvalue weighted by Crippen LogP contribution is 2.25. The number of hydrogen-bond donors (Lipinski definition) is 5. The Morgan fingerprint density at radius 3 is 2.75 bits per heavy atom. The number of hydrogen-bond acceptors (Lipinski definition) is 7. The Kier molecular flexibility index (Phi) is 6.17. The summed E-state index contributed by atoms with van der Waals surface area (Å²) in [6.07, 6.45) is 1.60. The Bertz CT molecular complexity index is 1580. The molecule has 10 nitrogen and oxygen atoms in total. The van der Waals surface area contributed by atoms with Gasteiger partial charge < -0.3 is 16.0 Å². The zero-order valence-electron chi connectivity index (χ0n) is 18.7. The predicted molar refractivity (Wildman–Crippen MR) is 131 cm³/mol. The first-order valence-electron chi connectivity index (χ1n) is 10.6. The highest BCUT2D eigenvalue weighted by atomic mass is 35.5. The average molecular weight is 510 g/mol. The number of aryl methyl sites for hydroxylation is 1. The van der Waals surface area contributed by atoms with E-state index in [0.29, 0.717) is 34.2 Å². The average Bonchev–Trinajstić information content (AvgIpc) is 3.49. The number of fused-ring (bicyclic) bond motifs is 1. The molecule has 0 aliphatic carbocycles. The molecule has 0 saturated carbocycles. The van der Waals surface area contributed by atoms with Gasteiger partial charge in [0, 0.05) is 24.4 Å². The van der Waals surface area contributed by atoms with Crippen molar-refractivity contribution in [1.82, 2.24) is 30.4 Å². The van der Waals surface area contributed by atoms with Crippen LogP contribution in [0.1, 0.15) is 21.6 Å². The molecule has 13 heteroatoms. The van der Waals surface area contributed by atoms with Crippen LogP contribution in [0.4, 0.5) is 32.1 Å². The van der Waals surface area contributed by atoms with E-state index >= 15 is 0 Å². The van der Waals surface area contributed by atoms with Crippen LogP contribution in [0.25, 0.3) is 11.0 Å². The van der Waals surface area contributed by atoms with Crippen LogP contribution in [0, 0.1) is 18.6 Å². The number of aromatic amines is 2. The van der Waals surface area contributed by atoms with Gasteiger partial charge in [0.15, 0.2) is 11.5 Å². The highest BCUT2D eigenvalue weighted by Gasteiger charge is 2.15. The smallest absolute Gasteiger partial charge is 0.257 e. The van der Waals surface area contributed by atoms with E-state index in [1.807, 2.05) is 13.0 Å². The summed E-state index contributed by atoms with van der Waals surface area (Å²) >= 11 is 6.20. The molecule has 2 aromatic carbocycles. The molecule has 0 bridgehead atoms. The molecule has 1 amide bonds. The summed E-state index contributed by atoms with van der Waals surface area (Å²) in [5.41, 5.74) is 1.88. The van der Waals surface area contributed by atoms with Gasteiger partial charge in [-0.2, -0.15) is 20.2 Å². The van der Waals surface area contributed by atoms with E-state index in [0.717, 1.165) is 23.9 Å². The lowest BCUT2D eigenvalue weighted by Gasteiger charge is -2.11. The number of amides is 1. The minimum Gasteiger partial charge on any atom is -0.350 e. The molecule has 36 heavy (non-hydrogen) atoms. The molecular weight excluding hydrogens is 492 g/mol. The molecule has 3 aromatic heterocycles. The molecule has 0 radical (unpaired) electrons. The topological polar surface area (TPSA) is 136 Å². The molecule has 3 heterocycles. The summed E-state index contributed by atoms with van der Waals surface area (Å²) in [7, 11) is 0. The van der Waals surface area contributed by atoms with Crippen molar-refractivity contribution in [1.29, 1.82) is 0 Å². The first-order valence-corrected chi connectivity index (χ1v) is 11.0. The summed E-state index contributed by atoms with van der Waals surface area (Å²) in [4.78, 5) is 21.6. The third-order valence-corrected chi connectivity index (χ3v) is 5.49. The number of nitrogens with zero attached hydrogens (tertiary/aromatic N) is 4. The van der Waals surface area contributed by atoms with Crippen LogP contribution in [0.15, 0.2) is 48.7 Å². The normalized spacial score (nSPS) is 11.0. The molecule has 0 spiro atoms. The van der Waals surface area contributed by atoms with Gasteiger partial charge in [-0.25, -0.2) is 8.78 Å². The van der Waals surface area contributed by atoms with E-state index in [1.165, 1.54) is 0 Å². The van der Waals surface area contributed by atoms with Crippen molar-refractivity contribution < 1.29 is 13.6 Å². The standard InChI is InChI=1S/C23H18ClF2N9O/c1-11-6-19(34-33-11)30-20-15-10-28-35-21(15)32-23(31-20)27-9-12-2-4-16(24)14(7-12)22(36)29-18-8-13(25)3-5-17(18)26/h2-8,10H,9H2,1H3,(H,29,36)(H4,27,28,30,31,32,33,34,35). The molecule has 5 N–H and O–H groups in total. The summed E-state index contributed by atoms with van der Waals surface area (Å²) in [6.45, 7) is 2.13. The lowest BCUT2D eigenvalue weighted by Crippen LogP contribution is -2.14. The van der Waals surface area contributed by atoms with Crippen molar-refractivity contribution in [2.45, 2.75) is 13.5 Å². The second kappa shape index (κ2) is 9.58. The maximum Gasteiger partial charge on any atom is 0.257 e. The quantitative estimate of drug-likeness (QED) is 0.210. The molecule has 0 unspecified atom stereocenters. The van der Waals surface area contributed by atoms with E-state index in [-0.39, 0.29) is 22.8 Å². The van der Waals surface area contributed by atoms with Crippen molar-refractivity contribution in [2.24, 2.45) is 0 Å². The number of rotatable bonds is 7. The number of H-pyrrole nitrogens is 2. The van der Waals surface area contributed by atoms with Crippen molar-refractivity contribution in [2.75, 3.05) is 16.0 Å². The van der Waals surface area contributed by atoms with Crippen LogP contribution in [0.5, 0.6) is 0 Å². The maximum atomic E-state index is 13.9. The van der Waals surface area contributed by atoms with Crippen LogP contribution in [-0.2, 0) is 6.54 Å². The Balaban J connectivity index is 1.34. The summed E-state index contributed by atoms with van der Waals surface area (Å²) in [6, 6.07) is 9.42. The zero-order chi connectivity index (χ0) is 25.2. The van der Waals surface area contributed by atoms with Crippen molar-refractivity contribution >= 4 is 51.8 Å². The van der Waals surface area contributed by atoms with Crippen molar-refractivity contribution in [3.05, 3.63) is 82.1 Å². The molecule has 0 aliphatic rings. The molecule has 0 aliphatic heterocycles. The highest BCUT2D eigenvalue weighted by molar-refractivity contribution is 6.34. The van der Waals surface area contributed by atoms with E-state index < -0.39 is 17.5 Å². The third kappa shape index (κ3) is 4.93. The fourth-order valence-corrected chi connectivity index (χ4v) is 3.64. The number of halogens is 3. The number of aromatic nitrogens is 6. The van der Waals surface area contributed by atoms with Gasteiger partial charge in [-0.15, -0.1) is 0 Å². The zero-order valence-corrected chi connectivity index (χ0v) is 19.4. The Morgan fingerprint density at radius 1 is 1.08 bits per heavy atom. The van der Waals surface area contributed by atoms with Crippen LogP contribution >= 0.6 is 11.6 Å². The van der Waals surface area contributed by atoms with Gasteiger partial charge in [-0.05, 0) is 36.8 Å². The third-order valence-electron chi connectivity index (χ3n) is 5.16.